The van der Waals surface area contributed by atoms with Gasteiger partial charge >= 0.3 is 5.97 Å². The minimum absolute atomic E-state index is 0.0118. The fraction of sp³-hybridized carbons (Fsp3) is 0.400. The van der Waals surface area contributed by atoms with Gasteiger partial charge in [0, 0.05) is 0 Å². The van der Waals surface area contributed by atoms with Crippen LogP contribution in [0.3, 0.4) is 0 Å². The van der Waals surface area contributed by atoms with Crippen LogP contribution in [0.1, 0.15) is 39.0 Å². The summed E-state index contributed by atoms with van der Waals surface area (Å²) in [7, 11) is 0. The van der Waals surface area contributed by atoms with Gasteiger partial charge in [-0.25, -0.2) is 4.79 Å². The lowest BCUT2D eigenvalue weighted by atomic mass is 10.1. The van der Waals surface area contributed by atoms with E-state index in [1.165, 1.54) is 12.8 Å². The molecule has 0 radical (unpaired) electrons. The lowest BCUT2D eigenvalue weighted by molar-refractivity contribution is -0.135. The highest BCUT2D eigenvalue weighted by atomic mass is 16.5. The first kappa shape index (κ1) is 14.3. The van der Waals surface area contributed by atoms with Crippen LogP contribution in [-0.2, 0) is 4.79 Å². The molecule has 1 N–H and O–H groups in total. The van der Waals surface area contributed by atoms with Crippen molar-refractivity contribution in [2.24, 2.45) is 0 Å². The zero-order valence-corrected chi connectivity index (χ0v) is 10.8. The Bertz CT molecular complexity index is 382. The summed E-state index contributed by atoms with van der Waals surface area (Å²) in [6.45, 7) is 2.15. The molecule has 0 saturated carbocycles. The number of unbranched alkanes of at least 4 members (excludes halogenated alkanes) is 4. The lowest BCUT2D eigenvalue weighted by Crippen LogP contribution is -2.07. The van der Waals surface area contributed by atoms with Crippen LogP contribution >= 0.6 is 0 Å². The summed E-state index contributed by atoms with van der Waals surface area (Å²) in [5.74, 6) is -0.452. The second-order valence-electron chi connectivity index (χ2n) is 4.14. The maximum atomic E-state index is 11.0. The van der Waals surface area contributed by atoms with Gasteiger partial charge in [0.15, 0.2) is 0 Å². The van der Waals surface area contributed by atoms with Crippen LogP contribution in [0.5, 0.6) is 5.75 Å². The number of ether oxygens (including phenoxy) is 1. The van der Waals surface area contributed by atoms with Gasteiger partial charge in [-0.2, -0.15) is 0 Å². The number of para-hydroxylation sites is 1. The van der Waals surface area contributed by atoms with Gasteiger partial charge in [0.1, 0.15) is 5.75 Å². The molecule has 98 valence electrons. The Kier molecular flexibility index (Phi) is 6.62. The van der Waals surface area contributed by atoms with Gasteiger partial charge in [-0.15, -0.1) is 0 Å². The van der Waals surface area contributed by atoms with Crippen LogP contribution < -0.4 is 4.74 Å². The maximum Gasteiger partial charge on any atom is 0.371 e. The summed E-state index contributed by atoms with van der Waals surface area (Å²) in [6, 6.07) is 8.98. The Hall–Kier alpha value is -1.77. The largest absolute Gasteiger partial charge is 0.475 e. The second-order valence-corrected chi connectivity index (χ2v) is 4.14. The van der Waals surface area contributed by atoms with Crippen molar-refractivity contribution in [3.05, 3.63) is 42.2 Å². The van der Waals surface area contributed by atoms with E-state index in [0.717, 1.165) is 19.3 Å². The van der Waals surface area contributed by atoms with Crippen molar-refractivity contribution >= 4 is 5.97 Å². The summed E-state index contributed by atoms with van der Waals surface area (Å²) < 4.78 is 5.34. The van der Waals surface area contributed by atoms with Crippen LogP contribution in [0.2, 0.25) is 0 Å². The minimum Gasteiger partial charge on any atom is -0.475 e. The highest BCUT2D eigenvalue weighted by Crippen LogP contribution is 2.14. The van der Waals surface area contributed by atoms with Crippen molar-refractivity contribution in [1.82, 2.24) is 0 Å². The van der Waals surface area contributed by atoms with Gasteiger partial charge in [-0.3, -0.25) is 0 Å². The molecule has 0 aromatic heterocycles. The summed E-state index contributed by atoms with van der Waals surface area (Å²) >= 11 is 0. The number of benzene rings is 1. The molecule has 1 aromatic carbocycles. The van der Waals surface area contributed by atoms with Crippen molar-refractivity contribution in [1.29, 1.82) is 0 Å². The number of rotatable bonds is 8. The fourth-order valence-electron chi connectivity index (χ4n) is 1.59. The highest BCUT2D eigenvalue weighted by Gasteiger charge is 2.09. The molecule has 0 fully saturated rings. The Morgan fingerprint density at radius 2 is 1.94 bits per heavy atom. The number of aliphatic carboxylic acids is 1. The average Bonchev–Trinajstić information content (AvgIpc) is 2.38. The first-order valence-electron chi connectivity index (χ1n) is 6.40. The van der Waals surface area contributed by atoms with Gasteiger partial charge < -0.3 is 9.84 Å². The zero-order valence-electron chi connectivity index (χ0n) is 10.8. The van der Waals surface area contributed by atoms with Gasteiger partial charge in [-0.05, 0) is 31.1 Å². The minimum atomic E-state index is -1.02. The van der Waals surface area contributed by atoms with Crippen molar-refractivity contribution in [3.63, 3.8) is 0 Å². The van der Waals surface area contributed by atoms with E-state index in [4.69, 9.17) is 9.84 Å². The maximum absolute atomic E-state index is 11.0. The van der Waals surface area contributed by atoms with Gasteiger partial charge in [0.25, 0.3) is 0 Å². The summed E-state index contributed by atoms with van der Waals surface area (Å²) in [5, 5.41) is 9.04. The molecular weight excluding hydrogens is 228 g/mol. The van der Waals surface area contributed by atoms with E-state index in [9.17, 15) is 4.79 Å². The molecule has 1 aromatic rings. The normalized spacial score (nSPS) is 11.3. The Morgan fingerprint density at radius 1 is 1.22 bits per heavy atom. The molecule has 0 aliphatic carbocycles. The second kappa shape index (κ2) is 8.34. The van der Waals surface area contributed by atoms with Crippen LogP contribution in [-0.4, -0.2) is 11.1 Å². The van der Waals surface area contributed by atoms with Gasteiger partial charge in [0.05, 0.1) is 0 Å². The quantitative estimate of drug-likeness (QED) is 0.429. The zero-order chi connectivity index (χ0) is 13.2. The molecule has 3 nitrogen and oxygen atoms in total. The topological polar surface area (TPSA) is 46.5 Å². The van der Waals surface area contributed by atoms with Gasteiger partial charge in [0.2, 0.25) is 5.76 Å². The van der Waals surface area contributed by atoms with Gasteiger partial charge in [-0.1, -0.05) is 44.4 Å². The standard InChI is InChI=1S/C15H20O3/c1-2-3-4-5-9-12-14(15(16)17)18-13-10-7-6-8-11-13/h6-8,10-12H,2-5,9H2,1H3,(H,16,17)/b14-12-. The Morgan fingerprint density at radius 3 is 2.56 bits per heavy atom. The molecule has 18 heavy (non-hydrogen) atoms. The Labute approximate surface area is 108 Å². The molecular formula is C15H20O3. The Balaban J connectivity index is 2.49. The summed E-state index contributed by atoms with van der Waals surface area (Å²) in [6.07, 6.45) is 6.90. The predicted octanol–water partition coefficient (Wildman–Crippen LogP) is 4.00. The molecule has 0 aliphatic heterocycles. The van der Waals surface area contributed by atoms with Crippen molar-refractivity contribution in [2.45, 2.75) is 39.0 Å². The molecule has 0 heterocycles. The third-order valence-corrected chi connectivity index (χ3v) is 2.57. The third kappa shape index (κ3) is 5.53. The van der Waals surface area contributed by atoms with E-state index in [-0.39, 0.29) is 5.76 Å². The number of carbonyl (C=O) groups is 1. The predicted molar refractivity (Wildman–Crippen MR) is 71.5 cm³/mol. The molecule has 0 spiro atoms. The molecule has 1 rings (SSSR count). The number of allylic oxidation sites excluding steroid dienone is 1. The van der Waals surface area contributed by atoms with Crippen molar-refractivity contribution in [2.75, 3.05) is 0 Å². The highest BCUT2D eigenvalue weighted by molar-refractivity contribution is 5.84. The number of hydrogen-bond acceptors (Lipinski definition) is 2. The monoisotopic (exact) mass is 248 g/mol. The molecule has 0 aliphatic rings. The summed E-state index contributed by atoms with van der Waals surface area (Å²) in [4.78, 5) is 11.0. The first-order chi connectivity index (χ1) is 8.74. The third-order valence-electron chi connectivity index (χ3n) is 2.57. The van der Waals surface area contributed by atoms with Crippen LogP contribution in [0.25, 0.3) is 0 Å². The average molecular weight is 248 g/mol. The fourth-order valence-corrected chi connectivity index (χ4v) is 1.59. The van der Waals surface area contributed by atoms with E-state index >= 15 is 0 Å². The van der Waals surface area contributed by atoms with Crippen LogP contribution in [0, 0.1) is 0 Å². The molecule has 0 unspecified atom stereocenters. The van der Waals surface area contributed by atoms with E-state index in [1.54, 1.807) is 18.2 Å². The SMILES string of the molecule is CCCCCC/C=C(\Oc1ccccc1)C(=O)O. The van der Waals surface area contributed by atoms with Crippen molar-refractivity contribution in [3.8, 4) is 5.75 Å². The molecule has 0 saturated heterocycles. The van der Waals surface area contributed by atoms with Crippen LogP contribution in [0.15, 0.2) is 42.2 Å². The molecule has 0 bridgehead atoms. The van der Waals surface area contributed by atoms with E-state index in [0.29, 0.717) is 5.75 Å². The number of hydrogen-bond donors (Lipinski definition) is 1. The first-order valence-corrected chi connectivity index (χ1v) is 6.40. The smallest absolute Gasteiger partial charge is 0.371 e. The molecule has 0 atom stereocenters. The molecule has 3 heteroatoms. The van der Waals surface area contributed by atoms with Crippen molar-refractivity contribution < 1.29 is 14.6 Å². The van der Waals surface area contributed by atoms with E-state index < -0.39 is 5.97 Å². The lowest BCUT2D eigenvalue weighted by Gasteiger charge is -2.05. The van der Waals surface area contributed by atoms with E-state index in [2.05, 4.69) is 6.92 Å². The van der Waals surface area contributed by atoms with Crippen LogP contribution in [0.4, 0.5) is 0 Å². The molecule has 0 amide bonds. The number of carboxylic acid groups (broad SMARTS) is 1. The number of carboxylic acids is 1. The summed E-state index contributed by atoms with van der Waals surface area (Å²) in [5.41, 5.74) is 0. The van der Waals surface area contributed by atoms with E-state index in [1.807, 2.05) is 18.2 Å².